The van der Waals surface area contributed by atoms with E-state index < -0.39 is 11.4 Å². The molecule has 0 radical (unpaired) electrons. The van der Waals surface area contributed by atoms with Gasteiger partial charge in [0, 0.05) is 15.6 Å². The molecule has 0 aliphatic heterocycles. The molecule has 2 N–H and O–H groups in total. The predicted octanol–water partition coefficient (Wildman–Crippen LogP) is 4.67. The third-order valence-corrected chi connectivity index (χ3v) is 4.64. The Kier molecular flexibility index (Phi) is 4.91. The highest BCUT2D eigenvalue weighted by Gasteiger charge is 2.27. The van der Waals surface area contributed by atoms with Gasteiger partial charge in [-0.3, -0.25) is 0 Å². The smallest absolute Gasteiger partial charge is 0.147 e. The fourth-order valence-corrected chi connectivity index (χ4v) is 2.70. The van der Waals surface area contributed by atoms with Crippen molar-refractivity contribution in [2.24, 2.45) is 5.73 Å². The molecule has 0 aliphatic rings. The standard InChI is InChI=1S/C16H16BrClFNO/c1-16(20,9-10-3-5-11(21-2)6-4-10)12-7-8-13(17)14(18)15(12)19/h3-8H,9,20H2,1-2H3. The second-order valence-corrected chi connectivity index (χ2v) is 6.40. The van der Waals surface area contributed by atoms with E-state index in [1.165, 1.54) is 0 Å². The number of methoxy groups -OCH3 is 1. The quantitative estimate of drug-likeness (QED) is 0.792. The van der Waals surface area contributed by atoms with Crippen molar-refractivity contribution in [3.63, 3.8) is 0 Å². The molecule has 112 valence electrons. The summed E-state index contributed by atoms with van der Waals surface area (Å²) in [6.45, 7) is 1.79. The van der Waals surface area contributed by atoms with Crippen LogP contribution in [0.25, 0.3) is 0 Å². The van der Waals surface area contributed by atoms with Gasteiger partial charge in [0.15, 0.2) is 0 Å². The lowest BCUT2D eigenvalue weighted by molar-refractivity contribution is 0.414. The highest BCUT2D eigenvalue weighted by molar-refractivity contribution is 9.10. The van der Waals surface area contributed by atoms with E-state index in [0.29, 0.717) is 16.5 Å². The van der Waals surface area contributed by atoms with Gasteiger partial charge >= 0.3 is 0 Å². The maximum Gasteiger partial charge on any atom is 0.147 e. The van der Waals surface area contributed by atoms with Crippen molar-refractivity contribution in [3.8, 4) is 5.75 Å². The summed E-state index contributed by atoms with van der Waals surface area (Å²) in [6, 6.07) is 10.9. The average molecular weight is 373 g/mol. The Bertz CT molecular complexity index is 643. The topological polar surface area (TPSA) is 35.2 Å². The van der Waals surface area contributed by atoms with Gasteiger partial charge in [-0.25, -0.2) is 4.39 Å². The highest BCUT2D eigenvalue weighted by atomic mass is 79.9. The van der Waals surface area contributed by atoms with Gasteiger partial charge in [-0.2, -0.15) is 0 Å². The SMILES string of the molecule is COc1ccc(CC(C)(N)c2ccc(Br)c(Cl)c2F)cc1. The lowest BCUT2D eigenvalue weighted by atomic mass is 9.86. The van der Waals surface area contributed by atoms with Crippen LogP contribution >= 0.6 is 27.5 Å². The number of nitrogens with two attached hydrogens (primary N) is 1. The lowest BCUT2D eigenvalue weighted by Crippen LogP contribution is -2.36. The van der Waals surface area contributed by atoms with Crippen molar-refractivity contribution in [1.82, 2.24) is 0 Å². The zero-order valence-corrected chi connectivity index (χ0v) is 14.1. The Morgan fingerprint density at radius 1 is 1.24 bits per heavy atom. The Balaban J connectivity index is 2.31. The number of rotatable bonds is 4. The highest BCUT2D eigenvalue weighted by Crippen LogP contribution is 2.33. The van der Waals surface area contributed by atoms with Gasteiger partial charge in [0.2, 0.25) is 0 Å². The molecule has 1 unspecified atom stereocenters. The zero-order valence-electron chi connectivity index (χ0n) is 11.8. The predicted molar refractivity (Wildman–Crippen MR) is 87.3 cm³/mol. The van der Waals surface area contributed by atoms with E-state index in [0.717, 1.165) is 11.3 Å². The van der Waals surface area contributed by atoms with Crippen LogP contribution in [0.5, 0.6) is 5.75 Å². The summed E-state index contributed by atoms with van der Waals surface area (Å²) in [6.07, 6.45) is 0.492. The third kappa shape index (κ3) is 3.57. The molecule has 21 heavy (non-hydrogen) atoms. The molecule has 0 spiro atoms. The van der Waals surface area contributed by atoms with Crippen LogP contribution in [0.2, 0.25) is 5.02 Å². The summed E-state index contributed by atoms with van der Waals surface area (Å²) >= 11 is 9.14. The Morgan fingerprint density at radius 3 is 2.43 bits per heavy atom. The van der Waals surface area contributed by atoms with Crippen LogP contribution in [0.1, 0.15) is 18.1 Å². The first-order valence-electron chi connectivity index (χ1n) is 6.41. The first kappa shape index (κ1) is 16.3. The van der Waals surface area contributed by atoms with Crippen molar-refractivity contribution < 1.29 is 9.13 Å². The average Bonchev–Trinajstić information content (AvgIpc) is 2.45. The van der Waals surface area contributed by atoms with Gasteiger partial charge in [0.25, 0.3) is 0 Å². The molecule has 1 atom stereocenters. The van der Waals surface area contributed by atoms with E-state index in [4.69, 9.17) is 22.1 Å². The van der Waals surface area contributed by atoms with Crippen LogP contribution in [0.4, 0.5) is 4.39 Å². The molecular weight excluding hydrogens is 357 g/mol. The number of benzene rings is 2. The molecule has 0 heterocycles. The van der Waals surface area contributed by atoms with E-state index in [9.17, 15) is 4.39 Å². The molecule has 0 aliphatic carbocycles. The molecule has 2 nitrogen and oxygen atoms in total. The van der Waals surface area contributed by atoms with Crippen molar-refractivity contribution in [1.29, 1.82) is 0 Å². The molecule has 0 aromatic heterocycles. The van der Waals surface area contributed by atoms with Gasteiger partial charge in [-0.05, 0) is 53.0 Å². The van der Waals surface area contributed by atoms with Crippen LogP contribution in [-0.2, 0) is 12.0 Å². The van der Waals surface area contributed by atoms with Crippen LogP contribution < -0.4 is 10.5 Å². The molecule has 0 amide bonds. The van der Waals surface area contributed by atoms with Gasteiger partial charge in [0.05, 0.1) is 12.1 Å². The van der Waals surface area contributed by atoms with Gasteiger partial charge in [-0.15, -0.1) is 0 Å². The minimum Gasteiger partial charge on any atom is -0.497 e. The van der Waals surface area contributed by atoms with Gasteiger partial charge < -0.3 is 10.5 Å². The second kappa shape index (κ2) is 6.34. The summed E-state index contributed by atoms with van der Waals surface area (Å²) in [5.41, 5.74) is 6.85. The number of hydrogen-bond acceptors (Lipinski definition) is 2. The van der Waals surface area contributed by atoms with Crippen LogP contribution in [-0.4, -0.2) is 7.11 Å². The maximum atomic E-state index is 14.3. The Labute approximate surface area is 137 Å². The van der Waals surface area contributed by atoms with E-state index in [-0.39, 0.29) is 5.02 Å². The first-order valence-corrected chi connectivity index (χ1v) is 7.58. The van der Waals surface area contributed by atoms with Crippen LogP contribution in [0, 0.1) is 5.82 Å². The van der Waals surface area contributed by atoms with Gasteiger partial charge in [-0.1, -0.05) is 29.8 Å². The minimum absolute atomic E-state index is 0.0545. The van der Waals surface area contributed by atoms with E-state index in [1.54, 1.807) is 26.2 Å². The fourth-order valence-electron chi connectivity index (χ4n) is 2.23. The third-order valence-electron chi connectivity index (χ3n) is 3.38. The van der Waals surface area contributed by atoms with E-state index >= 15 is 0 Å². The number of halogens is 3. The normalized spacial score (nSPS) is 13.8. The Hall–Kier alpha value is -1.10. The van der Waals surface area contributed by atoms with Crippen molar-refractivity contribution in [2.45, 2.75) is 18.9 Å². The van der Waals surface area contributed by atoms with Crippen molar-refractivity contribution in [2.75, 3.05) is 7.11 Å². The van der Waals surface area contributed by atoms with Gasteiger partial charge in [0.1, 0.15) is 11.6 Å². The molecule has 2 rings (SSSR count). The summed E-state index contributed by atoms with van der Waals surface area (Å²) in [5.74, 6) is 0.292. The fraction of sp³-hybridized carbons (Fsp3) is 0.250. The van der Waals surface area contributed by atoms with Crippen LogP contribution in [0.3, 0.4) is 0 Å². The molecule has 2 aromatic rings. The monoisotopic (exact) mass is 371 g/mol. The number of hydrogen-bond donors (Lipinski definition) is 1. The second-order valence-electron chi connectivity index (χ2n) is 5.17. The van der Waals surface area contributed by atoms with E-state index in [2.05, 4.69) is 15.9 Å². The maximum absolute atomic E-state index is 14.3. The minimum atomic E-state index is -0.858. The molecule has 0 bridgehead atoms. The largest absolute Gasteiger partial charge is 0.497 e. The first-order chi connectivity index (χ1) is 9.85. The van der Waals surface area contributed by atoms with Crippen LogP contribution in [0.15, 0.2) is 40.9 Å². The molecule has 2 aromatic carbocycles. The molecule has 0 saturated carbocycles. The zero-order chi connectivity index (χ0) is 15.6. The molecule has 0 fully saturated rings. The summed E-state index contributed by atoms with van der Waals surface area (Å²) < 4.78 is 20.0. The summed E-state index contributed by atoms with van der Waals surface area (Å²) in [5, 5.41) is 0.0545. The Morgan fingerprint density at radius 2 is 1.86 bits per heavy atom. The molecule has 0 saturated heterocycles. The number of ether oxygens (including phenoxy) is 1. The van der Waals surface area contributed by atoms with Crippen molar-refractivity contribution >= 4 is 27.5 Å². The molecular formula is C16H16BrClFNO. The lowest BCUT2D eigenvalue weighted by Gasteiger charge is -2.26. The summed E-state index contributed by atoms with van der Waals surface area (Å²) in [7, 11) is 1.61. The van der Waals surface area contributed by atoms with Crippen molar-refractivity contribution in [3.05, 3.63) is 62.8 Å². The summed E-state index contributed by atoms with van der Waals surface area (Å²) in [4.78, 5) is 0. The molecule has 5 heteroatoms. The van der Waals surface area contributed by atoms with E-state index in [1.807, 2.05) is 24.3 Å².